The Labute approximate surface area is 220 Å². The Morgan fingerprint density at radius 1 is 1.36 bits per heavy atom. The van der Waals surface area contributed by atoms with E-state index in [2.05, 4.69) is 28.2 Å². The van der Waals surface area contributed by atoms with E-state index in [1.807, 2.05) is 24.2 Å². The fraction of sp³-hybridized carbons (Fsp3) is 0.560. The van der Waals surface area contributed by atoms with Gasteiger partial charge in [0.2, 0.25) is 5.91 Å². The van der Waals surface area contributed by atoms with E-state index in [-0.39, 0.29) is 23.4 Å². The second kappa shape index (κ2) is 10.2. The molecular formula is C25H34N6O3S2. The number of aryl methyl sites for hydroxylation is 1. The Hall–Kier alpha value is -2.34. The Kier molecular flexibility index (Phi) is 7.17. The molecule has 1 saturated carbocycles. The van der Waals surface area contributed by atoms with Gasteiger partial charge in [0.05, 0.1) is 35.5 Å². The number of anilines is 1. The lowest BCUT2D eigenvalue weighted by Crippen LogP contribution is -2.51. The van der Waals surface area contributed by atoms with Crippen LogP contribution in [0, 0.1) is 0 Å². The average Bonchev–Trinajstić information content (AvgIpc) is 3.24. The van der Waals surface area contributed by atoms with Crippen molar-refractivity contribution in [1.82, 2.24) is 24.3 Å². The molecule has 2 amide bonds. The zero-order chi connectivity index (χ0) is 25.4. The van der Waals surface area contributed by atoms with Crippen LogP contribution in [0.3, 0.4) is 0 Å². The van der Waals surface area contributed by atoms with Gasteiger partial charge in [-0.15, -0.1) is 11.3 Å². The number of hydrogen-bond acceptors (Lipinski definition) is 8. The molecule has 1 aliphatic carbocycles. The number of aromatic nitrogens is 2. The number of methoxy groups -OCH3 is 1. The number of likely N-dealkylation sites (tertiary alicyclic amines) is 1. The van der Waals surface area contributed by atoms with Gasteiger partial charge in [-0.2, -0.15) is 5.10 Å². The van der Waals surface area contributed by atoms with Gasteiger partial charge in [-0.25, -0.2) is 0 Å². The number of nitrogens with zero attached hydrogens (tertiary/aromatic N) is 5. The second-order valence-electron chi connectivity index (χ2n) is 10.1. The first-order valence-electron chi connectivity index (χ1n) is 12.4. The van der Waals surface area contributed by atoms with Crippen LogP contribution < -0.4 is 9.62 Å². The average molecular weight is 531 g/mol. The van der Waals surface area contributed by atoms with Crippen molar-refractivity contribution < 1.29 is 14.3 Å². The van der Waals surface area contributed by atoms with Crippen molar-refractivity contribution >= 4 is 40.1 Å². The summed E-state index contributed by atoms with van der Waals surface area (Å²) in [5.41, 5.74) is 1.87. The Balaban J connectivity index is 1.38. The predicted molar refractivity (Wildman–Crippen MR) is 142 cm³/mol. The van der Waals surface area contributed by atoms with E-state index in [0.29, 0.717) is 38.5 Å². The molecule has 2 aromatic heterocycles. The third-order valence-corrected chi connectivity index (χ3v) is 9.52. The van der Waals surface area contributed by atoms with Crippen molar-refractivity contribution in [2.45, 2.75) is 61.4 Å². The molecule has 0 spiro atoms. The molecule has 0 aromatic carbocycles. The summed E-state index contributed by atoms with van der Waals surface area (Å²) in [6.45, 7) is 8.87. The summed E-state index contributed by atoms with van der Waals surface area (Å²) in [6, 6.07) is 2.18. The van der Waals surface area contributed by atoms with Gasteiger partial charge in [-0.05, 0) is 50.6 Å². The Morgan fingerprint density at radius 2 is 2.11 bits per heavy atom. The molecule has 9 nitrogen and oxygen atoms in total. The van der Waals surface area contributed by atoms with Crippen molar-refractivity contribution in [3.05, 3.63) is 42.0 Å². The molecule has 2 aliphatic heterocycles. The number of thiophene rings is 1. The van der Waals surface area contributed by atoms with E-state index in [4.69, 9.17) is 4.74 Å². The molecule has 0 unspecified atom stereocenters. The normalized spacial score (nSPS) is 19.7. The van der Waals surface area contributed by atoms with Crippen LogP contribution in [0.5, 0.6) is 0 Å². The van der Waals surface area contributed by atoms with E-state index >= 15 is 0 Å². The number of amides is 2. The van der Waals surface area contributed by atoms with Crippen LogP contribution in [-0.2, 0) is 23.1 Å². The monoisotopic (exact) mass is 530 g/mol. The van der Waals surface area contributed by atoms with E-state index in [1.165, 1.54) is 12.8 Å². The molecule has 11 heteroatoms. The third kappa shape index (κ3) is 5.20. The lowest BCUT2D eigenvalue weighted by Gasteiger charge is -2.45. The standard InChI is InChI=1S/C25H34N6O3S2/c1-17-30(16-18-14-26-28(3)15-18)23(33)20-13-22(36-27-25(2)8-9-25)35-24(20)31(17)19-5-10-29(11-6-19)21(32)7-12-34-4/h13-15,19,27H,1,5-12,16H2,2-4H3. The zero-order valence-corrected chi connectivity index (χ0v) is 22.8. The highest BCUT2D eigenvalue weighted by Gasteiger charge is 2.41. The van der Waals surface area contributed by atoms with E-state index in [0.717, 1.165) is 33.2 Å². The number of carbonyl (C=O) groups is 2. The molecule has 2 fully saturated rings. The maximum absolute atomic E-state index is 13.7. The number of ether oxygens (including phenoxy) is 1. The Bertz CT molecular complexity index is 1150. The highest BCUT2D eigenvalue weighted by Crippen LogP contribution is 2.46. The summed E-state index contributed by atoms with van der Waals surface area (Å²) < 4.78 is 11.5. The first-order valence-corrected chi connectivity index (χ1v) is 14.0. The van der Waals surface area contributed by atoms with Crippen LogP contribution in [0.25, 0.3) is 0 Å². The van der Waals surface area contributed by atoms with Gasteiger partial charge in [-0.3, -0.25) is 23.9 Å². The minimum Gasteiger partial charge on any atom is -0.384 e. The molecule has 0 radical (unpaired) electrons. The highest BCUT2D eigenvalue weighted by molar-refractivity contribution is 7.99. The molecule has 1 saturated heterocycles. The number of hydrogen-bond donors (Lipinski definition) is 1. The molecule has 194 valence electrons. The highest BCUT2D eigenvalue weighted by atomic mass is 32.2. The topological polar surface area (TPSA) is 82.9 Å². The van der Waals surface area contributed by atoms with Crippen LogP contribution in [0.4, 0.5) is 5.00 Å². The summed E-state index contributed by atoms with van der Waals surface area (Å²) >= 11 is 3.27. The van der Waals surface area contributed by atoms with Gasteiger partial charge in [0, 0.05) is 50.6 Å². The smallest absolute Gasteiger partial charge is 0.262 e. The van der Waals surface area contributed by atoms with Crippen LogP contribution >= 0.6 is 23.3 Å². The number of rotatable bonds is 9. The molecule has 3 aliphatic rings. The zero-order valence-electron chi connectivity index (χ0n) is 21.2. The van der Waals surface area contributed by atoms with Crippen LogP contribution in [-0.4, -0.2) is 69.8 Å². The van der Waals surface area contributed by atoms with Crippen molar-refractivity contribution in [2.24, 2.45) is 7.05 Å². The first-order chi connectivity index (χ1) is 17.3. The van der Waals surface area contributed by atoms with Crippen molar-refractivity contribution in [1.29, 1.82) is 0 Å². The number of nitrogens with one attached hydrogen (secondary N) is 1. The summed E-state index contributed by atoms with van der Waals surface area (Å²) in [6.07, 6.45) is 8.12. The summed E-state index contributed by atoms with van der Waals surface area (Å²) in [4.78, 5) is 32.1. The van der Waals surface area contributed by atoms with Crippen molar-refractivity contribution in [3.63, 3.8) is 0 Å². The largest absolute Gasteiger partial charge is 0.384 e. The molecule has 5 rings (SSSR count). The van der Waals surface area contributed by atoms with Crippen LogP contribution in [0.1, 0.15) is 54.9 Å². The quantitative estimate of drug-likeness (QED) is 0.496. The van der Waals surface area contributed by atoms with Gasteiger partial charge in [0.1, 0.15) is 10.8 Å². The first kappa shape index (κ1) is 25.3. The predicted octanol–water partition coefficient (Wildman–Crippen LogP) is 3.59. The minimum absolute atomic E-state index is 0.0250. The molecule has 2 aromatic rings. The maximum Gasteiger partial charge on any atom is 0.262 e. The van der Waals surface area contributed by atoms with E-state index in [1.54, 1.807) is 46.2 Å². The van der Waals surface area contributed by atoms with E-state index in [9.17, 15) is 9.59 Å². The number of fused-ring (bicyclic) bond motifs is 1. The van der Waals surface area contributed by atoms with Crippen molar-refractivity contribution in [3.8, 4) is 0 Å². The number of carbonyl (C=O) groups excluding carboxylic acids is 2. The van der Waals surface area contributed by atoms with Gasteiger partial charge < -0.3 is 14.5 Å². The maximum atomic E-state index is 13.7. The molecule has 36 heavy (non-hydrogen) atoms. The molecule has 0 atom stereocenters. The molecule has 1 N–H and O–H groups in total. The van der Waals surface area contributed by atoms with Gasteiger partial charge in [0.15, 0.2) is 0 Å². The minimum atomic E-state index is -0.0250. The van der Waals surface area contributed by atoms with Gasteiger partial charge in [0.25, 0.3) is 5.91 Å². The number of piperidine rings is 1. The fourth-order valence-electron chi connectivity index (χ4n) is 4.71. The van der Waals surface area contributed by atoms with Crippen molar-refractivity contribution in [2.75, 3.05) is 31.7 Å². The summed E-state index contributed by atoms with van der Waals surface area (Å²) in [5, 5.41) is 5.23. The van der Waals surface area contributed by atoms with E-state index < -0.39 is 0 Å². The van der Waals surface area contributed by atoms with Gasteiger partial charge >= 0.3 is 0 Å². The lowest BCUT2D eigenvalue weighted by atomic mass is 10.0. The summed E-state index contributed by atoms with van der Waals surface area (Å²) in [5.74, 6) is 0.806. The van der Waals surface area contributed by atoms with Crippen LogP contribution in [0.2, 0.25) is 0 Å². The lowest BCUT2D eigenvalue weighted by molar-refractivity contribution is -0.133. The molecule has 4 heterocycles. The second-order valence-corrected chi connectivity index (χ2v) is 12.2. The summed E-state index contributed by atoms with van der Waals surface area (Å²) in [7, 11) is 3.49. The fourth-order valence-corrected chi connectivity index (χ4v) is 6.94. The Morgan fingerprint density at radius 3 is 2.75 bits per heavy atom. The SMILES string of the molecule is C=C1N(Cc2cnn(C)c2)C(=O)c2cc(SNC3(C)CC3)sc2N1C1CCN(C(=O)CCOC)CC1. The molecule has 0 bridgehead atoms. The van der Waals surface area contributed by atoms with Crippen LogP contribution in [0.15, 0.2) is 35.1 Å². The third-order valence-electron chi connectivity index (χ3n) is 7.17. The van der Waals surface area contributed by atoms with Gasteiger partial charge in [-0.1, -0.05) is 6.58 Å². The molecular weight excluding hydrogens is 496 g/mol.